The van der Waals surface area contributed by atoms with Gasteiger partial charge in [0, 0.05) is 54.3 Å². The number of halogens is 1. The summed E-state index contributed by atoms with van der Waals surface area (Å²) in [5.74, 6) is 0.650. The largest absolute Gasteiger partial charge is 0.507 e. The lowest BCUT2D eigenvalue weighted by molar-refractivity contribution is 0.436. The van der Waals surface area contributed by atoms with Crippen LogP contribution in [-0.2, 0) is 7.05 Å². The zero-order chi connectivity index (χ0) is 22.4. The van der Waals surface area contributed by atoms with E-state index in [4.69, 9.17) is 0 Å². The number of phenols is 1. The van der Waals surface area contributed by atoms with Gasteiger partial charge in [-0.15, -0.1) is 12.4 Å². The number of benzene rings is 2. The van der Waals surface area contributed by atoms with E-state index in [9.17, 15) is 5.11 Å². The minimum absolute atomic E-state index is 0. The van der Waals surface area contributed by atoms with E-state index in [1.54, 1.807) is 16.9 Å². The Labute approximate surface area is 202 Å². The summed E-state index contributed by atoms with van der Waals surface area (Å²) in [6, 6.07) is 19.6. The van der Waals surface area contributed by atoms with Crippen LogP contribution >= 0.6 is 12.4 Å². The van der Waals surface area contributed by atoms with Crippen molar-refractivity contribution in [3.05, 3.63) is 78.8 Å². The fourth-order valence-electron chi connectivity index (χ4n) is 4.26. The first-order chi connectivity index (χ1) is 16.2. The van der Waals surface area contributed by atoms with E-state index in [0.717, 1.165) is 63.3 Å². The third-order valence-corrected chi connectivity index (χ3v) is 6.18. The van der Waals surface area contributed by atoms with Gasteiger partial charge in [0.1, 0.15) is 11.3 Å². The lowest BCUT2D eigenvalue weighted by atomic mass is 9.93. The van der Waals surface area contributed by atoms with Crippen LogP contribution < -0.4 is 5.32 Å². The van der Waals surface area contributed by atoms with Crippen LogP contribution in [0.25, 0.3) is 44.5 Å². The first-order valence-corrected chi connectivity index (χ1v) is 10.9. The second-order valence-corrected chi connectivity index (χ2v) is 8.41. The lowest BCUT2D eigenvalue weighted by Crippen LogP contribution is -2.40. The molecule has 0 atom stereocenters. The summed E-state index contributed by atoms with van der Waals surface area (Å²) in [5, 5.41) is 28.3. The number of phenolic OH excluding ortho intramolecular Hbond substituents is 1. The fourth-order valence-corrected chi connectivity index (χ4v) is 4.26. The summed E-state index contributed by atoms with van der Waals surface area (Å²) in [6.07, 6.45) is 3.77. The molecular formula is C26H23ClN6O. The zero-order valence-corrected chi connectivity index (χ0v) is 19.3. The van der Waals surface area contributed by atoms with E-state index in [-0.39, 0.29) is 18.2 Å². The molecule has 1 saturated heterocycles. The van der Waals surface area contributed by atoms with Crippen LogP contribution in [-0.4, -0.2) is 43.2 Å². The van der Waals surface area contributed by atoms with E-state index in [1.165, 1.54) is 0 Å². The number of fused-ring (bicyclic) bond motifs is 1. The number of aryl methyl sites for hydroxylation is 1. The van der Waals surface area contributed by atoms with Crippen molar-refractivity contribution in [1.82, 2.24) is 30.3 Å². The summed E-state index contributed by atoms with van der Waals surface area (Å²) in [5.41, 5.74) is 6.96. The Kier molecular flexibility index (Phi) is 5.73. The van der Waals surface area contributed by atoms with Gasteiger partial charge in [0.2, 0.25) is 0 Å². The summed E-state index contributed by atoms with van der Waals surface area (Å²) in [6.45, 7) is 1.89. The number of hydrogen-bond donors (Lipinski definition) is 2. The maximum Gasteiger partial charge on any atom is 0.123 e. The predicted octanol–water partition coefficient (Wildman–Crippen LogP) is 4.57. The molecular weight excluding hydrogens is 448 g/mol. The standard InChI is InChI=1S/C26H22N6O.ClH/c1-32-15-17-11-24(28-14-25(17)31-32)16-6-7-19(21(10-16)20-4-2-3-5-26(20)33)23-9-8-22(29-30-23)18-12-27-13-18;/h2-11,14-15,18,27,33H,12-13H2,1H3;1H. The molecule has 3 aromatic heterocycles. The number of pyridine rings is 1. The molecule has 2 N–H and O–H groups in total. The molecule has 0 amide bonds. The van der Waals surface area contributed by atoms with Crippen LogP contribution in [0.1, 0.15) is 11.6 Å². The Hall–Kier alpha value is -3.81. The molecule has 8 heteroatoms. The average Bonchev–Trinajstić information content (AvgIpc) is 3.18. The zero-order valence-electron chi connectivity index (χ0n) is 18.5. The maximum atomic E-state index is 10.6. The number of nitrogens with one attached hydrogen (secondary N) is 1. The minimum Gasteiger partial charge on any atom is -0.507 e. The Morgan fingerprint density at radius 2 is 1.76 bits per heavy atom. The van der Waals surface area contributed by atoms with Crippen molar-refractivity contribution in [3.63, 3.8) is 0 Å². The Morgan fingerprint density at radius 1 is 0.912 bits per heavy atom. The fraction of sp³-hybridized carbons (Fsp3) is 0.154. The lowest BCUT2D eigenvalue weighted by Gasteiger charge is -2.26. The van der Waals surface area contributed by atoms with Crippen molar-refractivity contribution in [2.24, 2.45) is 7.05 Å². The summed E-state index contributed by atoms with van der Waals surface area (Å²) < 4.78 is 1.79. The van der Waals surface area contributed by atoms with Gasteiger partial charge in [-0.05, 0) is 35.9 Å². The molecule has 7 nitrogen and oxygen atoms in total. The molecule has 2 aromatic carbocycles. The van der Waals surface area contributed by atoms with Gasteiger partial charge in [-0.3, -0.25) is 9.67 Å². The van der Waals surface area contributed by atoms with Crippen LogP contribution in [0.15, 0.2) is 73.1 Å². The van der Waals surface area contributed by atoms with Gasteiger partial charge in [0.25, 0.3) is 0 Å². The second-order valence-electron chi connectivity index (χ2n) is 8.41. The molecule has 1 aliphatic heterocycles. The maximum absolute atomic E-state index is 10.6. The molecule has 1 aliphatic rings. The quantitative estimate of drug-likeness (QED) is 0.400. The van der Waals surface area contributed by atoms with Gasteiger partial charge >= 0.3 is 0 Å². The topological polar surface area (TPSA) is 88.8 Å². The summed E-state index contributed by atoms with van der Waals surface area (Å²) in [7, 11) is 1.90. The van der Waals surface area contributed by atoms with Gasteiger partial charge in [0.15, 0.2) is 0 Å². The molecule has 5 aromatic rings. The first-order valence-electron chi connectivity index (χ1n) is 10.9. The van der Waals surface area contributed by atoms with Crippen LogP contribution in [0.4, 0.5) is 0 Å². The number of hydrogen-bond acceptors (Lipinski definition) is 6. The van der Waals surface area contributed by atoms with Crippen molar-refractivity contribution in [3.8, 4) is 39.4 Å². The molecule has 0 spiro atoms. The molecule has 34 heavy (non-hydrogen) atoms. The van der Waals surface area contributed by atoms with Gasteiger partial charge in [0.05, 0.1) is 23.3 Å². The SMILES string of the molecule is Cl.Cn1cc2cc(-c3ccc(-c4ccc(C5CNC5)nn4)c(-c4ccccc4O)c3)ncc2n1. The molecule has 0 bridgehead atoms. The van der Waals surface area contributed by atoms with Crippen molar-refractivity contribution in [1.29, 1.82) is 0 Å². The van der Waals surface area contributed by atoms with Crippen molar-refractivity contribution >= 4 is 23.3 Å². The number of para-hydroxylation sites is 1. The van der Waals surface area contributed by atoms with Crippen LogP contribution in [0.5, 0.6) is 5.75 Å². The average molecular weight is 471 g/mol. The van der Waals surface area contributed by atoms with Gasteiger partial charge < -0.3 is 10.4 Å². The number of rotatable bonds is 4. The van der Waals surface area contributed by atoms with E-state index < -0.39 is 0 Å². The van der Waals surface area contributed by atoms with E-state index in [0.29, 0.717) is 5.92 Å². The number of nitrogens with zero attached hydrogens (tertiary/aromatic N) is 5. The van der Waals surface area contributed by atoms with Crippen molar-refractivity contribution in [2.75, 3.05) is 13.1 Å². The minimum atomic E-state index is 0. The Bertz CT molecular complexity index is 1480. The highest BCUT2D eigenvalue weighted by Gasteiger charge is 2.21. The van der Waals surface area contributed by atoms with Crippen LogP contribution in [0, 0.1) is 0 Å². The van der Waals surface area contributed by atoms with Gasteiger partial charge in [-0.2, -0.15) is 15.3 Å². The van der Waals surface area contributed by atoms with Crippen LogP contribution in [0.2, 0.25) is 0 Å². The van der Waals surface area contributed by atoms with Crippen molar-refractivity contribution < 1.29 is 5.11 Å². The number of aromatic nitrogens is 5. The third kappa shape index (κ3) is 3.89. The molecule has 6 rings (SSSR count). The van der Waals surface area contributed by atoms with Crippen LogP contribution in [0.3, 0.4) is 0 Å². The predicted molar refractivity (Wildman–Crippen MR) is 135 cm³/mol. The molecule has 170 valence electrons. The van der Waals surface area contributed by atoms with Gasteiger partial charge in [-0.25, -0.2) is 0 Å². The Balaban J connectivity index is 0.00000241. The Morgan fingerprint density at radius 3 is 2.50 bits per heavy atom. The third-order valence-electron chi connectivity index (χ3n) is 6.18. The molecule has 0 saturated carbocycles. The first kappa shape index (κ1) is 22.0. The molecule has 4 heterocycles. The van der Waals surface area contributed by atoms with Crippen molar-refractivity contribution in [2.45, 2.75) is 5.92 Å². The highest BCUT2D eigenvalue weighted by Crippen LogP contribution is 2.38. The summed E-state index contributed by atoms with van der Waals surface area (Å²) in [4.78, 5) is 4.62. The highest BCUT2D eigenvalue weighted by molar-refractivity contribution is 5.89. The molecule has 0 unspecified atom stereocenters. The molecule has 0 radical (unpaired) electrons. The van der Waals surface area contributed by atoms with Gasteiger partial charge in [-0.1, -0.05) is 30.3 Å². The molecule has 1 fully saturated rings. The van der Waals surface area contributed by atoms with E-state index in [2.05, 4.69) is 31.7 Å². The smallest absolute Gasteiger partial charge is 0.123 e. The highest BCUT2D eigenvalue weighted by atomic mass is 35.5. The summed E-state index contributed by atoms with van der Waals surface area (Å²) >= 11 is 0. The van der Waals surface area contributed by atoms with E-state index >= 15 is 0 Å². The normalized spacial score (nSPS) is 13.4. The molecule has 0 aliphatic carbocycles. The van der Waals surface area contributed by atoms with E-state index in [1.807, 2.05) is 61.8 Å². The number of aromatic hydroxyl groups is 1. The second kappa shape index (κ2) is 8.85. The monoisotopic (exact) mass is 470 g/mol.